The van der Waals surface area contributed by atoms with Crippen molar-refractivity contribution >= 4 is 36.5 Å². The van der Waals surface area contributed by atoms with Crippen molar-refractivity contribution in [1.82, 2.24) is 19.5 Å². The zero-order valence-electron chi connectivity index (χ0n) is 23.0. The molecule has 0 aliphatic heterocycles. The number of fused-ring (bicyclic) bond motifs is 1. The van der Waals surface area contributed by atoms with E-state index in [2.05, 4.69) is 15.0 Å². The first kappa shape index (κ1) is 29.9. The molecule has 14 heteroatoms. The van der Waals surface area contributed by atoms with Crippen molar-refractivity contribution in [2.24, 2.45) is 16.2 Å². The average molecular weight is 556 g/mol. The van der Waals surface area contributed by atoms with Gasteiger partial charge in [0.15, 0.2) is 11.5 Å². The molecule has 1 aliphatic carbocycles. The number of hydrogen-bond donors (Lipinski definition) is 2. The number of carbonyl (C=O) groups excluding carboxylic acids is 1. The molecular formula is C24H38N5O8P. The van der Waals surface area contributed by atoms with Crippen molar-refractivity contribution in [3.63, 3.8) is 0 Å². The molecule has 0 amide bonds. The Balaban J connectivity index is 1.74. The molecule has 2 atom stereocenters. The molecule has 2 unspecified atom stereocenters. The first-order valence-corrected chi connectivity index (χ1v) is 14.0. The van der Waals surface area contributed by atoms with Gasteiger partial charge in [0.1, 0.15) is 18.2 Å². The summed E-state index contributed by atoms with van der Waals surface area (Å²) in [5, 5.41) is 9.38. The maximum atomic E-state index is 13.7. The van der Waals surface area contributed by atoms with Crippen molar-refractivity contribution in [2.45, 2.75) is 73.5 Å². The van der Waals surface area contributed by atoms with Crippen LogP contribution >= 0.6 is 7.60 Å². The lowest BCUT2D eigenvalue weighted by Crippen LogP contribution is -2.29. The fraction of sp³-hybridized carbons (Fsp3) is 0.708. The smallest absolute Gasteiger partial charge is 0.359 e. The molecule has 212 valence electrons. The summed E-state index contributed by atoms with van der Waals surface area (Å²) in [5.41, 5.74) is 4.02. The Bertz CT molecular complexity index is 1240. The molecule has 0 radical (unpaired) electrons. The summed E-state index contributed by atoms with van der Waals surface area (Å²) >= 11 is 0. The molecule has 1 fully saturated rings. The molecule has 3 N–H and O–H groups in total. The number of imidazole rings is 1. The van der Waals surface area contributed by atoms with Crippen LogP contribution in [0.5, 0.6) is 0 Å². The van der Waals surface area contributed by atoms with Crippen molar-refractivity contribution in [1.29, 1.82) is 0 Å². The number of aromatic nitrogens is 4. The third-order valence-corrected chi connectivity index (χ3v) is 8.36. The largest absolute Gasteiger partial charge is 0.481 e. The van der Waals surface area contributed by atoms with Gasteiger partial charge in [-0.25, -0.2) is 15.0 Å². The molecule has 1 aliphatic rings. The summed E-state index contributed by atoms with van der Waals surface area (Å²) in [5.74, 6) is -1.29. The number of anilines is 1. The molecule has 3 rings (SSSR count). The van der Waals surface area contributed by atoms with Crippen LogP contribution in [0.15, 0.2) is 12.7 Å². The van der Waals surface area contributed by atoms with Crippen molar-refractivity contribution in [2.75, 3.05) is 25.5 Å². The first-order chi connectivity index (χ1) is 17.4. The van der Waals surface area contributed by atoms with E-state index in [1.165, 1.54) is 6.33 Å². The van der Waals surface area contributed by atoms with Gasteiger partial charge < -0.3 is 29.4 Å². The predicted molar refractivity (Wildman–Crippen MR) is 138 cm³/mol. The van der Waals surface area contributed by atoms with Crippen molar-refractivity contribution in [3.8, 4) is 0 Å². The quantitative estimate of drug-likeness (QED) is 0.208. The highest BCUT2D eigenvalue weighted by Gasteiger charge is 2.63. The van der Waals surface area contributed by atoms with E-state index >= 15 is 0 Å². The standard InChI is InChI=1S/C24H38N5O8P/c1-21(2,3)20(32)34-14-37-38(33,36-9-8-22(4,5)19(30)31)15-35-24(10-23(24,6)7)11-29-13-28-16-17(25)26-12-27-18(16)29/h12-13H,8-11,14-15H2,1-7H3,(H,30,31)(H2,25,26,27). The highest BCUT2D eigenvalue weighted by molar-refractivity contribution is 7.53. The van der Waals surface area contributed by atoms with E-state index < -0.39 is 49.1 Å². The lowest BCUT2D eigenvalue weighted by Gasteiger charge is -2.27. The summed E-state index contributed by atoms with van der Waals surface area (Å²) < 4.78 is 37.9. The predicted octanol–water partition coefficient (Wildman–Crippen LogP) is 3.83. The summed E-state index contributed by atoms with van der Waals surface area (Å²) in [6, 6.07) is 0. The molecule has 13 nitrogen and oxygen atoms in total. The van der Waals surface area contributed by atoms with Crippen molar-refractivity contribution < 1.29 is 37.8 Å². The van der Waals surface area contributed by atoms with Gasteiger partial charge >= 0.3 is 19.5 Å². The Hall–Kier alpha value is -2.60. The van der Waals surface area contributed by atoms with E-state index in [1.807, 2.05) is 13.8 Å². The summed E-state index contributed by atoms with van der Waals surface area (Å²) in [4.78, 5) is 36.1. The Morgan fingerprint density at radius 3 is 2.39 bits per heavy atom. The normalized spacial score (nSPS) is 20.7. The van der Waals surface area contributed by atoms with Gasteiger partial charge in [-0.15, -0.1) is 0 Å². The zero-order valence-corrected chi connectivity index (χ0v) is 23.9. The molecular weight excluding hydrogens is 517 g/mol. The highest BCUT2D eigenvalue weighted by Crippen LogP contribution is 2.62. The van der Waals surface area contributed by atoms with Gasteiger partial charge in [-0.3, -0.25) is 18.7 Å². The van der Waals surface area contributed by atoms with E-state index in [0.29, 0.717) is 24.1 Å². The molecule has 0 spiro atoms. The van der Waals surface area contributed by atoms with Gasteiger partial charge in [-0.2, -0.15) is 0 Å². The topological polar surface area (TPSA) is 178 Å². The maximum absolute atomic E-state index is 13.7. The molecule has 0 aromatic carbocycles. The van der Waals surface area contributed by atoms with Crippen LogP contribution in [0.4, 0.5) is 5.82 Å². The monoisotopic (exact) mass is 555 g/mol. The number of rotatable bonds is 13. The molecule has 1 saturated carbocycles. The Kier molecular flexibility index (Phi) is 8.29. The number of esters is 1. The third kappa shape index (κ3) is 6.69. The third-order valence-electron chi connectivity index (χ3n) is 6.84. The number of ether oxygens (including phenoxy) is 2. The zero-order chi connectivity index (χ0) is 28.6. The number of nitrogen functional groups attached to an aromatic ring is 1. The Labute approximate surface area is 221 Å². The van der Waals surface area contributed by atoms with E-state index in [4.69, 9.17) is 24.3 Å². The highest BCUT2D eigenvalue weighted by atomic mass is 31.2. The average Bonchev–Trinajstić information content (AvgIpc) is 3.10. The Morgan fingerprint density at radius 1 is 1.16 bits per heavy atom. The second kappa shape index (κ2) is 10.5. The van der Waals surface area contributed by atoms with Gasteiger partial charge in [0.25, 0.3) is 0 Å². The lowest BCUT2D eigenvalue weighted by molar-refractivity contribution is -0.160. The number of nitrogens with two attached hydrogens (primary N) is 1. The second-order valence-electron chi connectivity index (χ2n) is 11.9. The second-order valence-corrected chi connectivity index (χ2v) is 13.9. The van der Waals surface area contributed by atoms with Crippen LogP contribution in [0.1, 0.15) is 61.3 Å². The minimum Gasteiger partial charge on any atom is -0.481 e. The van der Waals surface area contributed by atoms with Crippen LogP contribution in [0.2, 0.25) is 0 Å². The minimum absolute atomic E-state index is 0.0796. The van der Waals surface area contributed by atoms with Crippen LogP contribution in [0.3, 0.4) is 0 Å². The number of hydrogen-bond acceptors (Lipinski definition) is 11. The number of carboxylic acids is 1. The molecule has 2 aromatic rings. The number of carbonyl (C=O) groups is 2. The van der Waals surface area contributed by atoms with Crippen LogP contribution in [0, 0.1) is 16.2 Å². The number of aliphatic carboxylic acids is 1. The molecule has 0 saturated heterocycles. The van der Waals surface area contributed by atoms with Gasteiger partial charge in [0.05, 0.1) is 35.9 Å². The summed E-state index contributed by atoms with van der Waals surface area (Å²) in [6.45, 7) is 11.7. The van der Waals surface area contributed by atoms with Crippen LogP contribution in [-0.4, -0.2) is 61.9 Å². The summed E-state index contributed by atoms with van der Waals surface area (Å²) in [7, 11) is -3.97. The SMILES string of the molecule is CC(C)(C)C(=O)OCOP(=O)(COC1(Cn2cnc3c(N)ncnc32)CC1(C)C)OCCC(C)(C)C(=O)O. The molecule has 2 aromatic heterocycles. The molecule has 38 heavy (non-hydrogen) atoms. The fourth-order valence-electron chi connectivity index (χ4n) is 3.76. The molecule has 2 heterocycles. The molecule has 0 bridgehead atoms. The first-order valence-electron chi connectivity index (χ1n) is 12.3. The number of nitrogens with zero attached hydrogens (tertiary/aromatic N) is 4. The van der Waals surface area contributed by atoms with Crippen molar-refractivity contribution in [3.05, 3.63) is 12.7 Å². The van der Waals surface area contributed by atoms with E-state index in [0.717, 1.165) is 0 Å². The van der Waals surface area contributed by atoms with E-state index in [9.17, 15) is 19.3 Å². The fourth-order valence-corrected chi connectivity index (χ4v) is 4.97. The van der Waals surface area contributed by atoms with Gasteiger partial charge in [-0.1, -0.05) is 13.8 Å². The van der Waals surface area contributed by atoms with Crippen LogP contribution < -0.4 is 5.73 Å². The van der Waals surface area contributed by atoms with Crippen LogP contribution in [-0.2, 0) is 39.2 Å². The summed E-state index contributed by atoms with van der Waals surface area (Å²) in [6.07, 6.45) is 3.25. The maximum Gasteiger partial charge on any atom is 0.359 e. The van der Waals surface area contributed by atoms with Crippen LogP contribution in [0.25, 0.3) is 11.2 Å². The van der Waals surface area contributed by atoms with E-state index in [-0.39, 0.29) is 24.3 Å². The Morgan fingerprint density at radius 2 is 1.82 bits per heavy atom. The van der Waals surface area contributed by atoms with E-state index in [1.54, 1.807) is 45.5 Å². The van der Waals surface area contributed by atoms with Gasteiger partial charge in [0.2, 0.25) is 6.79 Å². The minimum atomic E-state index is -3.97. The van der Waals surface area contributed by atoms with Gasteiger partial charge in [-0.05, 0) is 52.9 Å². The van der Waals surface area contributed by atoms with Gasteiger partial charge in [0, 0.05) is 0 Å². The lowest BCUT2D eigenvalue weighted by atomic mass is 9.90. The number of carboxylic acid groups (broad SMARTS) is 1.